The highest BCUT2D eigenvalue weighted by molar-refractivity contribution is 6.79. The van der Waals surface area contributed by atoms with Gasteiger partial charge < -0.3 is 5.32 Å². The summed E-state index contributed by atoms with van der Waals surface area (Å²) in [7, 11) is 0. The Kier molecular flexibility index (Phi) is 29.4. The zero-order chi connectivity index (χ0) is 46.2. The molecule has 2 aromatic carbocycles. The van der Waals surface area contributed by atoms with Crippen LogP contribution in [-0.4, -0.2) is 26.2 Å². The summed E-state index contributed by atoms with van der Waals surface area (Å²) in [6.45, 7) is 24.2. The third-order valence-electron chi connectivity index (χ3n) is 12.2. The molecule has 0 radical (unpaired) electrons. The average molecular weight is 892 g/mol. The standard InChI is InChI=1S/C17H37N.C14H3F11.4C4H9.Al/c1-6-9-15(4)13-18-14-16(5)11-12-17(8-3)10-7-2;1-2-3(4-7(16)11(20)13(22)12(21)8(4)17)5(14(23,24)25)9(18)10(19)6(2)15;4*1-3-4-2;/h15-18H,6-14H2,1-5H3;1H3;4*1,3-4H2,2H3;/q;;;;;;-1/p+1. The predicted molar refractivity (Wildman–Crippen MR) is 229 cm³/mol. The zero-order valence-electron chi connectivity index (χ0n) is 38.4. The Bertz CT molecular complexity index is 1430. The van der Waals surface area contributed by atoms with E-state index in [1.54, 1.807) is 21.1 Å². The van der Waals surface area contributed by atoms with Crippen molar-refractivity contribution in [1.82, 2.24) is 0 Å². The number of benzene rings is 2. The minimum absolute atomic E-state index is 0.362. The van der Waals surface area contributed by atoms with Crippen molar-refractivity contribution in [2.24, 2.45) is 17.8 Å². The van der Waals surface area contributed by atoms with Gasteiger partial charge in [0.25, 0.3) is 0 Å². The Morgan fingerprint density at radius 3 is 1.22 bits per heavy atom. The fourth-order valence-corrected chi connectivity index (χ4v) is 15.3. The van der Waals surface area contributed by atoms with Crippen molar-refractivity contribution in [1.29, 1.82) is 0 Å². The third kappa shape index (κ3) is 18.9. The Labute approximate surface area is 358 Å². The van der Waals surface area contributed by atoms with Gasteiger partial charge in [-0.1, -0.05) is 139 Å². The van der Waals surface area contributed by atoms with Crippen molar-refractivity contribution in [3.05, 3.63) is 57.7 Å². The lowest BCUT2D eigenvalue weighted by atomic mass is 9.91. The average Bonchev–Trinajstić information content (AvgIpc) is 3.21. The van der Waals surface area contributed by atoms with Crippen LogP contribution < -0.4 is 5.32 Å². The number of hydrogen-bond acceptors (Lipinski definition) is 0. The first-order valence-electron chi connectivity index (χ1n) is 23.0. The van der Waals surface area contributed by atoms with E-state index < -0.39 is 88.0 Å². The van der Waals surface area contributed by atoms with E-state index in [0.717, 1.165) is 17.8 Å². The lowest BCUT2D eigenvalue weighted by molar-refractivity contribution is -0.665. The molecule has 3 atom stereocenters. The molecule has 0 aromatic heterocycles. The number of hydrogen-bond donors (Lipinski definition) is 1. The second kappa shape index (κ2) is 30.3. The number of quaternary nitrogens is 1. The fourth-order valence-electron chi connectivity index (χ4n) is 8.47. The SMILES string of the molecule is CCCC(C)C[NH2+]CC(C)CCC(CC)CCC.CCC[CH2][Al-]([CH2]CCC)([CH2]CCC)[CH2]CCC.Cc1c(F)c(F)c(F)c(C(F)(F)F)c1-c1c(F)c(F)c(F)c(F)c1F. The second-order valence-electron chi connectivity index (χ2n) is 17.5. The fraction of sp³-hybridized carbons (Fsp3) is 0.745. The highest BCUT2D eigenvalue weighted by atomic mass is 27.2. The zero-order valence-corrected chi connectivity index (χ0v) is 39.5. The van der Waals surface area contributed by atoms with Crippen molar-refractivity contribution >= 4 is 13.1 Å². The lowest BCUT2D eigenvalue weighted by Gasteiger charge is -2.36. The van der Waals surface area contributed by atoms with Crippen LogP contribution in [0.25, 0.3) is 11.1 Å². The van der Waals surface area contributed by atoms with Gasteiger partial charge in [0.2, 0.25) is 5.82 Å². The van der Waals surface area contributed by atoms with Crippen LogP contribution in [0.5, 0.6) is 0 Å². The van der Waals surface area contributed by atoms with Crippen LogP contribution in [0.1, 0.15) is 170 Å². The Balaban J connectivity index is 0.000000897. The Morgan fingerprint density at radius 1 is 0.467 bits per heavy atom. The smallest absolute Gasteiger partial charge is 0.346 e. The predicted octanol–water partition coefficient (Wildman–Crippen LogP) is 16.7. The molecule has 0 aliphatic carbocycles. The number of rotatable bonds is 25. The van der Waals surface area contributed by atoms with E-state index in [0.29, 0.717) is 6.92 Å². The molecule has 2 rings (SSSR count). The van der Waals surface area contributed by atoms with Crippen LogP contribution >= 0.6 is 0 Å². The number of nitrogens with two attached hydrogens (primary N) is 1. The van der Waals surface area contributed by atoms with E-state index >= 15 is 0 Å². The molecular formula is C47H77AlF11N. The maximum absolute atomic E-state index is 13.8. The van der Waals surface area contributed by atoms with Crippen molar-refractivity contribution < 1.29 is 53.6 Å². The summed E-state index contributed by atoms with van der Waals surface area (Å²) in [5.41, 5.74) is -8.45. The summed E-state index contributed by atoms with van der Waals surface area (Å²) in [6.07, 6.45) is 15.6. The van der Waals surface area contributed by atoms with Crippen molar-refractivity contribution in [3.63, 3.8) is 0 Å². The monoisotopic (exact) mass is 892 g/mol. The molecule has 0 fully saturated rings. The molecule has 60 heavy (non-hydrogen) atoms. The van der Waals surface area contributed by atoms with Gasteiger partial charge in [0.05, 0.1) is 18.7 Å². The molecule has 350 valence electrons. The summed E-state index contributed by atoms with van der Waals surface area (Å²) < 4.78 is 146. The molecule has 1 nitrogen and oxygen atoms in total. The lowest BCUT2D eigenvalue weighted by Crippen LogP contribution is -2.86. The van der Waals surface area contributed by atoms with Gasteiger partial charge in [-0.05, 0) is 37.7 Å². The van der Waals surface area contributed by atoms with Crippen LogP contribution in [-0.2, 0) is 6.18 Å². The summed E-state index contributed by atoms with van der Waals surface area (Å²) in [6, 6.07) is 0. The highest BCUT2D eigenvalue weighted by Gasteiger charge is 2.43. The molecule has 13 heteroatoms. The quantitative estimate of drug-likeness (QED) is 0.0443. The van der Waals surface area contributed by atoms with E-state index in [9.17, 15) is 48.3 Å². The Hall–Kier alpha value is -1.84. The summed E-state index contributed by atoms with van der Waals surface area (Å²) >= 11 is -1.20. The molecule has 2 N–H and O–H groups in total. The minimum Gasteiger partial charge on any atom is -0.346 e. The van der Waals surface area contributed by atoms with E-state index in [1.807, 2.05) is 0 Å². The molecule has 0 aliphatic rings. The number of alkyl halides is 3. The molecule has 0 heterocycles. The summed E-state index contributed by atoms with van der Waals surface area (Å²) in [5, 5.41) is 9.17. The molecular weight excluding hydrogens is 814 g/mol. The molecule has 0 saturated carbocycles. The van der Waals surface area contributed by atoms with Gasteiger partial charge in [-0.3, -0.25) is 0 Å². The highest BCUT2D eigenvalue weighted by Crippen LogP contribution is 2.45. The van der Waals surface area contributed by atoms with Gasteiger partial charge in [0.15, 0.2) is 40.7 Å². The molecule has 0 bridgehead atoms. The van der Waals surface area contributed by atoms with E-state index in [4.69, 9.17) is 0 Å². The van der Waals surface area contributed by atoms with Crippen molar-refractivity contribution in [2.45, 2.75) is 193 Å². The molecule has 0 saturated heterocycles. The third-order valence-corrected chi connectivity index (χ3v) is 18.8. The van der Waals surface area contributed by atoms with Gasteiger partial charge in [-0.2, -0.15) is 34.3 Å². The van der Waals surface area contributed by atoms with E-state index in [2.05, 4.69) is 67.6 Å². The van der Waals surface area contributed by atoms with E-state index in [1.165, 1.54) is 109 Å². The topological polar surface area (TPSA) is 16.6 Å². The van der Waals surface area contributed by atoms with Gasteiger partial charge in [0, 0.05) is 17.4 Å². The van der Waals surface area contributed by atoms with Gasteiger partial charge in [0.1, 0.15) is 18.6 Å². The molecule has 3 unspecified atom stereocenters. The first kappa shape index (κ1) is 58.2. The largest absolute Gasteiger partial charge is 0.419 e. The van der Waals surface area contributed by atoms with Crippen molar-refractivity contribution in [3.8, 4) is 11.1 Å². The summed E-state index contributed by atoms with van der Waals surface area (Å²) in [5.74, 6) is -18.5. The molecule has 2 aromatic rings. The normalized spacial score (nSPS) is 13.3. The van der Waals surface area contributed by atoms with Crippen LogP contribution in [0.4, 0.5) is 48.3 Å². The molecule has 0 spiro atoms. The number of unbranched alkanes of at least 4 members (excludes halogenated alkanes) is 4. The maximum atomic E-state index is 13.8. The van der Waals surface area contributed by atoms with Crippen LogP contribution in [0.3, 0.4) is 0 Å². The minimum atomic E-state index is -5.83. The van der Waals surface area contributed by atoms with Gasteiger partial charge in [-0.15, -0.1) is 0 Å². The van der Waals surface area contributed by atoms with Crippen LogP contribution in [0, 0.1) is 71.2 Å². The van der Waals surface area contributed by atoms with Crippen LogP contribution in [0.2, 0.25) is 21.1 Å². The first-order valence-corrected chi connectivity index (χ1v) is 26.3. The van der Waals surface area contributed by atoms with Gasteiger partial charge >= 0.3 is 6.18 Å². The summed E-state index contributed by atoms with van der Waals surface area (Å²) in [4.78, 5) is 0. The second-order valence-corrected chi connectivity index (χ2v) is 23.2. The van der Waals surface area contributed by atoms with Gasteiger partial charge in [-0.25, -0.2) is 35.1 Å². The number of halogens is 11. The maximum Gasteiger partial charge on any atom is 0.419 e. The van der Waals surface area contributed by atoms with Crippen LogP contribution in [0.15, 0.2) is 0 Å². The van der Waals surface area contributed by atoms with Crippen molar-refractivity contribution in [2.75, 3.05) is 13.1 Å². The first-order chi connectivity index (χ1) is 28.2. The Morgan fingerprint density at radius 2 is 0.850 bits per heavy atom. The van der Waals surface area contributed by atoms with E-state index in [-0.39, 0.29) is 0 Å². The molecule has 0 aliphatic heterocycles. The molecule has 0 amide bonds.